The molecule has 1 saturated heterocycles. The molecule has 0 radical (unpaired) electrons. The number of fused-ring (bicyclic) bond motifs is 1. The summed E-state index contributed by atoms with van der Waals surface area (Å²) in [6.07, 6.45) is 6.08. The van der Waals surface area contributed by atoms with Crippen LogP contribution in [0.2, 0.25) is 0 Å². The predicted octanol–water partition coefficient (Wildman–Crippen LogP) is 4.13. The van der Waals surface area contributed by atoms with Gasteiger partial charge in [0.1, 0.15) is 23.8 Å². The van der Waals surface area contributed by atoms with Crippen LogP contribution in [0.25, 0.3) is 16.7 Å². The molecule has 1 aliphatic heterocycles. The van der Waals surface area contributed by atoms with Crippen LogP contribution in [0.1, 0.15) is 18.4 Å². The number of para-hydroxylation sites is 1. The zero-order valence-electron chi connectivity index (χ0n) is 18.3. The Morgan fingerprint density at radius 1 is 1.06 bits per heavy atom. The van der Waals surface area contributed by atoms with Crippen LogP contribution in [0.5, 0.6) is 0 Å². The smallest absolute Gasteiger partial charge is 0.224 e. The van der Waals surface area contributed by atoms with Gasteiger partial charge in [-0.05, 0) is 54.5 Å². The third-order valence-electron chi connectivity index (χ3n) is 6.23. The van der Waals surface area contributed by atoms with E-state index in [2.05, 4.69) is 43.0 Å². The Bertz CT molecular complexity index is 1250. The highest BCUT2D eigenvalue weighted by Crippen LogP contribution is 2.25. The fourth-order valence-corrected chi connectivity index (χ4v) is 4.45. The number of aromatic nitrogens is 3. The van der Waals surface area contributed by atoms with E-state index < -0.39 is 0 Å². The van der Waals surface area contributed by atoms with Gasteiger partial charge in [0.15, 0.2) is 0 Å². The van der Waals surface area contributed by atoms with Crippen LogP contribution in [0.15, 0.2) is 73.2 Å². The molecule has 3 heterocycles. The molecule has 1 atom stereocenters. The summed E-state index contributed by atoms with van der Waals surface area (Å²) < 4.78 is 15.1. The van der Waals surface area contributed by atoms with Gasteiger partial charge in [-0.1, -0.05) is 30.3 Å². The summed E-state index contributed by atoms with van der Waals surface area (Å²) in [5.74, 6) is 1.38. The molecular weight excluding hydrogens is 417 g/mol. The second-order valence-corrected chi connectivity index (χ2v) is 8.43. The van der Waals surface area contributed by atoms with Gasteiger partial charge >= 0.3 is 0 Å². The zero-order valence-corrected chi connectivity index (χ0v) is 18.3. The molecule has 2 aromatic heterocycles. The van der Waals surface area contributed by atoms with Crippen molar-refractivity contribution < 1.29 is 9.18 Å². The predicted molar refractivity (Wildman–Crippen MR) is 127 cm³/mol. The molecule has 5 rings (SSSR count). The second-order valence-electron chi connectivity index (χ2n) is 8.43. The first kappa shape index (κ1) is 21.1. The van der Waals surface area contributed by atoms with Crippen LogP contribution in [-0.4, -0.2) is 40.1 Å². The van der Waals surface area contributed by atoms with E-state index >= 15 is 0 Å². The summed E-state index contributed by atoms with van der Waals surface area (Å²) in [5.41, 5.74) is 2.10. The molecule has 1 fully saturated rings. The highest BCUT2D eigenvalue weighted by Gasteiger charge is 2.26. The molecule has 0 saturated carbocycles. The van der Waals surface area contributed by atoms with E-state index in [0.29, 0.717) is 19.5 Å². The van der Waals surface area contributed by atoms with Crippen molar-refractivity contribution in [3.8, 4) is 5.82 Å². The summed E-state index contributed by atoms with van der Waals surface area (Å²) in [4.78, 5) is 23.9. The van der Waals surface area contributed by atoms with Crippen molar-refractivity contribution in [2.75, 3.05) is 24.5 Å². The third-order valence-corrected chi connectivity index (χ3v) is 6.23. The summed E-state index contributed by atoms with van der Waals surface area (Å²) in [7, 11) is 0. The fraction of sp³-hybridized carbons (Fsp3) is 0.269. The van der Waals surface area contributed by atoms with E-state index in [1.807, 2.05) is 24.4 Å². The van der Waals surface area contributed by atoms with Crippen LogP contribution in [0, 0.1) is 11.7 Å². The maximum Gasteiger partial charge on any atom is 0.224 e. The molecule has 168 valence electrons. The van der Waals surface area contributed by atoms with Gasteiger partial charge in [0, 0.05) is 31.9 Å². The van der Waals surface area contributed by atoms with E-state index in [1.54, 1.807) is 18.5 Å². The Hall–Kier alpha value is -3.74. The van der Waals surface area contributed by atoms with Crippen LogP contribution in [0.4, 0.5) is 10.2 Å². The largest absolute Gasteiger partial charge is 0.356 e. The quantitative estimate of drug-likeness (QED) is 0.487. The second kappa shape index (κ2) is 9.40. The summed E-state index contributed by atoms with van der Waals surface area (Å²) >= 11 is 0. The van der Waals surface area contributed by atoms with E-state index in [9.17, 15) is 9.18 Å². The monoisotopic (exact) mass is 443 g/mol. The van der Waals surface area contributed by atoms with Gasteiger partial charge in [0.2, 0.25) is 5.91 Å². The van der Waals surface area contributed by atoms with Crippen molar-refractivity contribution in [3.63, 3.8) is 0 Å². The lowest BCUT2D eigenvalue weighted by Gasteiger charge is -2.33. The molecule has 1 N–H and O–H groups in total. The molecule has 0 unspecified atom stereocenters. The number of nitrogens with one attached hydrogen (secondary N) is 1. The van der Waals surface area contributed by atoms with Gasteiger partial charge in [0.25, 0.3) is 0 Å². The molecule has 4 aromatic rings. The number of benzene rings is 2. The van der Waals surface area contributed by atoms with E-state index in [-0.39, 0.29) is 17.6 Å². The number of anilines is 1. The molecule has 33 heavy (non-hydrogen) atoms. The van der Waals surface area contributed by atoms with Gasteiger partial charge in [-0.3, -0.25) is 4.79 Å². The number of amides is 1. The Balaban J connectivity index is 1.23. The topological polar surface area (TPSA) is 63.1 Å². The first-order valence-corrected chi connectivity index (χ1v) is 11.3. The molecule has 7 heteroatoms. The molecule has 2 aromatic carbocycles. The normalized spacial score (nSPS) is 16.2. The van der Waals surface area contributed by atoms with Crippen molar-refractivity contribution in [1.82, 2.24) is 19.9 Å². The van der Waals surface area contributed by atoms with E-state index in [0.717, 1.165) is 47.5 Å². The molecule has 1 aliphatic rings. The van der Waals surface area contributed by atoms with Crippen molar-refractivity contribution in [1.29, 1.82) is 0 Å². The average molecular weight is 444 g/mol. The number of carbonyl (C=O) groups is 1. The number of carbonyl (C=O) groups excluding carboxylic acids is 1. The summed E-state index contributed by atoms with van der Waals surface area (Å²) in [6, 6.07) is 18.7. The Morgan fingerprint density at radius 3 is 2.76 bits per heavy atom. The lowest BCUT2D eigenvalue weighted by molar-refractivity contribution is -0.125. The minimum Gasteiger partial charge on any atom is -0.356 e. The van der Waals surface area contributed by atoms with E-state index in [1.165, 1.54) is 12.1 Å². The number of hydrogen-bond acceptors (Lipinski definition) is 4. The maximum absolute atomic E-state index is 13.0. The van der Waals surface area contributed by atoms with Crippen LogP contribution in [-0.2, 0) is 11.2 Å². The van der Waals surface area contributed by atoms with Gasteiger partial charge in [-0.25, -0.2) is 14.4 Å². The first-order valence-electron chi connectivity index (χ1n) is 11.3. The van der Waals surface area contributed by atoms with Crippen molar-refractivity contribution in [2.45, 2.75) is 19.3 Å². The molecular formula is C26H26FN5O. The highest BCUT2D eigenvalue weighted by atomic mass is 19.1. The number of piperidine rings is 1. The minimum atomic E-state index is -0.247. The SMILES string of the molecule is O=C(NCCc1ccc(F)cc1)[C@H]1CCCN(c2cc(-n3ccc4ccccc43)ncn2)C1. The summed E-state index contributed by atoms with van der Waals surface area (Å²) in [6.45, 7) is 2.03. The molecule has 6 nitrogen and oxygen atoms in total. The molecule has 0 aliphatic carbocycles. The molecule has 0 spiro atoms. The Morgan fingerprint density at radius 2 is 1.88 bits per heavy atom. The first-order chi connectivity index (χ1) is 16.2. The number of hydrogen-bond donors (Lipinski definition) is 1. The van der Waals surface area contributed by atoms with Crippen molar-refractivity contribution in [2.24, 2.45) is 5.92 Å². The lowest BCUT2D eigenvalue weighted by Crippen LogP contribution is -2.43. The van der Waals surface area contributed by atoms with Gasteiger partial charge in [-0.15, -0.1) is 0 Å². The van der Waals surface area contributed by atoms with Gasteiger partial charge in [0.05, 0.1) is 11.4 Å². The maximum atomic E-state index is 13.0. The van der Waals surface area contributed by atoms with Gasteiger partial charge in [-0.2, -0.15) is 0 Å². The lowest BCUT2D eigenvalue weighted by atomic mass is 9.97. The van der Waals surface area contributed by atoms with Crippen molar-refractivity contribution >= 4 is 22.6 Å². The molecule has 1 amide bonds. The number of rotatable bonds is 6. The number of halogens is 1. The average Bonchev–Trinajstić information content (AvgIpc) is 3.30. The third kappa shape index (κ3) is 4.72. The minimum absolute atomic E-state index is 0.0625. The number of nitrogens with zero attached hydrogens (tertiary/aromatic N) is 4. The van der Waals surface area contributed by atoms with Gasteiger partial charge < -0.3 is 14.8 Å². The van der Waals surface area contributed by atoms with Crippen LogP contribution in [0.3, 0.4) is 0 Å². The molecule has 0 bridgehead atoms. The zero-order chi connectivity index (χ0) is 22.6. The standard InChI is InChI=1S/C26H26FN5O/c27-22-9-7-19(8-10-22)11-13-28-26(33)21-5-3-14-31(17-21)24-16-25(30-18-29-24)32-15-12-20-4-1-2-6-23(20)32/h1-2,4,6-10,12,15-16,18,21H,3,5,11,13-14,17H2,(H,28,33)/t21-/m0/s1. The van der Waals surface area contributed by atoms with Crippen molar-refractivity contribution in [3.05, 3.63) is 84.6 Å². The fourth-order valence-electron chi connectivity index (χ4n) is 4.45. The van der Waals surface area contributed by atoms with Crippen LogP contribution >= 0.6 is 0 Å². The van der Waals surface area contributed by atoms with E-state index in [4.69, 9.17) is 0 Å². The summed E-state index contributed by atoms with van der Waals surface area (Å²) in [5, 5.41) is 4.21. The Kier molecular flexibility index (Phi) is 6.02. The highest BCUT2D eigenvalue weighted by molar-refractivity contribution is 5.82. The Labute approximate surface area is 192 Å². The van der Waals surface area contributed by atoms with Crippen LogP contribution < -0.4 is 10.2 Å².